The third kappa shape index (κ3) is 4.09. The van der Waals surface area contributed by atoms with Crippen molar-refractivity contribution in [3.8, 4) is 0 Å². The van der Waals surface area contributed by atoms with Crippen LogP contribution in [0, 0.1) is 17.5 Å². The molecule has 0 aliphatic rings. The molecular weight excluding hydrogens is 311 g/mol. The third-order valence-corrected chi connectivity index (χ3v) is 3.15. The Kier molecular flexibility index (Phi) is 5.00. The predicted molar refractivity (Wildman–Crippen MR) is 75.4 cm³/mol. The lowest BCUT2D eigenvalue weighted by atomic mass is 10.1. The van der Waals surface area contributed by atoms with Gasteiger partial charge in [-0.2, -0.15) is 0 Å². The Balaban J connectivity index is 2.16. The minimum Gasteiger partial charge on any atom is -0.480 e. The number of benzene rings is 2. The highest BCUT2D eigenvalue weighted by Gasteiger charge is 2.23. The van der Waals surface area contributed by atoms with E-state index in [1.165, 1.54) is 12.1 Å². The molecule has 0 aromatic heterocycles. The summed E-state index contributed by atoms with van der Waals surface area (Å²) in [5, 5.41) is 11.3. The van der Waals surface area contributed by atoms with Gasteiger partial charge >= 0.3 is 5.97 Å². The quantitative estimate of drug-likeness (QED) is 0.888. The second-order valence-electron chi connectivity index (χ2n) is 4.80. The number of nitrogens with one attached hydrogen (secondary N) is 1. The minimum absolute atomic E-state index is 0.127. The predicted octanol–water partition coefficient (Wildman–Crippen LogP) is 2.53. The first kappa shape index (κ1) is 16.5. The Morgan fingerprint density at radius 2 is 1.70 bits per heavy atom. The number of carboxylic acids is 1. The van der Waals surface area contributed by atoms with Gasteiger partial charge in [0.2, 0.25) is 0 Å². The lowest BCUT2D eigenvalue weighted by Crippen LogP contribution is -2.42. The summed E-state index contributed by atoms with van der Waals surface area (Å²) in [5.74, 6) is -5.43. The molecule has 23 heavy (non-hydrogen) atoms. The summed E-state index contributed by atoms with van der Waals surface area (Å²) >= 11 is 0. The molecule has 4 nitrogen and oxygen atoms in total. The molecule has 0 unspecified atom stereocenters. The van der Waals surface area contributed by atoms with Crippen molar-refractivity contribution in [1.82, 2.24) is 5.32 Å². The average Bonchev–Trinajstić information content (AvgIpc) is 2.51. The highest BCUT2D eigenvalue weighted by Crippen LogP contribution is 2.12. The van der Waals surface area contributed by atoms with Crippen molar-refractivity contribution in [2.45, 2.75) is 12.5 Å². The molecule has 0 aliphatic heterocycles. The molecule has 0 radical (unpaired) electrons. The van der Waals surface area contributed by atoms with E-state index in [-0.39, 0.29) is 6.42 Å². The number of rotatable bonds is 5. The monoisotopic (exact) mass is 323 g/mol. The molecule has 2 rings (SSSR count). The van der Waals surface area contributed by atoms with Crippen molar-refractivity contribution in [2.24, 2.45) is 0 Å². The zero-order valence-electron chi connectivity index (χ0n) is 11.7. The van der Waals surface area contributed by atoms with Crippen molar-refractivity contribution in [3.05, 3.63) is 71.0 Å². The van der Waals surface area contributed by atoms with Gasteiger partial charge in [0.25, 0.3) is 5.91 Å². The van der Waals surface area contributed by atoms with Gasteiger partial charge in [-0.15, -0.1) is 0 Å². The molecule has 0 saturated carbocycles. The number of aliphatic carboxylic acids is 1. The van der Waals surface area contributed by atoms with E-state index in [9.17, 15) is 22.8 Å². The summed E-state index contributed by atoms with van der Waals surface area (Å²) in [5.41, 5.74) is -0.117. The molecule has 0 aliphatic carbocycles. The standard InChI is InChI=1S/C16H12F3NO3/c17-10-6-4-9(5-7-10)8-13(16(22)23)20-15(21)11-2-1-3-12(18)14(11)19/h1-7,13H,8H2,(H,20,21)(H,22,23)/t13-/m1/s1. The zero-order chi connectivity index (χ0) is 17.0. The molecular formula is C16H12F3NO3. The fraction of sp³-hybridized carbons (Fsp3) is 0.125. The van der Waals surface area contributed by atoms with Crippen LogP contribution in [0.1, 0.15) is 15.9 Å². The largest absolute Gasteiger partial charge is 0.480 e. The van der Waals surface area contributed by atoms with Gasteiger partial charge in [0.05, 0.1) is 5.56 Å². The summed E-state index contributed by atoms with van der Waals surface area (Å²) in [4.78, 5) is 23.2. The van der Waals surface area contributed by atoms with Crippen LogP contribution in [-0.2, 0) is 11.2 Å². The van der Waals surface area contributed by atoms with Gasteiger partial charge in [0.1, 0.15) is 11.9 Å². The van der Waals surface area contributed by atoms with E-state index in [4.69, 9.17) is 5.11 Å². The first-order valence-corrected chi connectivity index (χ1v) is 6.60. The van der Waals surface area contributed by atoms with Crippen molar-refractivity contribution in [1.29, 1.82) is 0 Å². The van der Waals surface area contributed by atoms with Crippen LogP contribution in [0.3, 0.4) is 0 Å². The van der Waals surface area contributed by atoms with Crippen LogP contribution in [0.5, 0.6) is 0 Å². The van der Waals surface area contributed by atoms with Crippen molar-refractivity contribution in [3.63, 3.8) is 0 Å². The number of carbonyl (C=O) groups is 2. The number of hydrogen-bond donors (Lipinski definition) is 2. The second kappa shape index (κ2) is 6.95. The summed E-state index contributed by atoms with van der Waals surface area (Å²) in [7, 11) is 0. The maximum Gasteiger partial charge on any atom is 0.326 e. The fourth-order valence-corrected chi connectivity index (χ4v) is 1.97. The van der Waals surface area contributed by atoms with E-state index in [1.54, 1.807) is 0 Å². The molecule has 2 aromatic carbocycles. The van der Waals surface area contributed by atoms with Crippen molar-refractivity contribution >= 4 is 11.9 Å². The Morgan fingerprint density at radius 3 is 2.30 bits per heavy atom. The highest BCUT2D eigenvalue weighted by atomic mass is 19.2. The highest BCUT2D eigenvalue weighted by molar-refractivity contribution is 5.96. The van der Waals surface area contributed by atoms with Crippen molar-refractivity contribution < 1.29 is 27.9 Å². The number of halogens is 3. The molecule has 0 spiro atoms. The molecule has 2 aromatic rings. The van der Waals surface area contributed by atoms with Gasteiger partial charge in [-0.1, -0.05) is 18.2 Å². The maximum atomic E-state index is 13.5. The summed E-state index contributed by atoms with van der Waals surface area (Å²) in [6.45, 7) is 0. The summed E-state index contributed by atoms with van der Waals surface area (Å²) < 4.78 is 39.5. The Labute approximate surface area is 129 Å². The number of amides is 1. The Morgan fingerprint density at radius 1 is 1.04 bits per heavy atom. The summed E-state index contributed by atoms with van der Waals surface area (Å²) in [6.07, 6.45) is -0.127. The van der Waals surface area contributed by atoms with Crippen LogP contribution in [0.4, 0.5) is 13.2 Å². The Bertz CT molecular complexity index is 732. The average molecular weight is 323 g/mol. The normalized spacial score (nSPS) is 11.8. The molecule has 1 atom stereocenters. The van der Waals surface area contributed by atoms with E-state index in [2.05, 4.69) is 5.32 Å². The SMILES string of the molecule is O=C(N[C@H](Cc1ccc(F)cc1)C(=O)O)c1cccc(F)c1F. The smallest absolute Gasteiger partial charge is 0.326 e. The molecule has 0 bridgehead atoms. The van der Waals surface area contributed by atoms with Crippen LogP contribution >= 0.6 is 0 Å². The minimum atomic E-state index is -1.37. The van der Waals surface area contributed by atoms with E-state index < -0.39 is 40.9 Å². The molecule has 0 heterocycles. The molecule has 120 valence electrons. The van der Waals surface area contributed by atoms with Crippen LogP contribution < -0.4 is 5.32 Å². The van der Waals surface area contributed by atoms with Gasteiger partial charge in [-0.25, -0.2) is 18.0 Å². The fourth-order valence-electron chi connectivity index (χ4n) is 1.97. The van der Waals surface area contributed by atoms with Gasteiger partial charge in [0.15, 0.2) is 11.6 Å². The zero-order valence-corrected chi connectivity index (χ0v) is 11.7. The van der Waals surface area contributed by atoms with Crippen molar-refractivity contribution in [2.75, 3.05) is 0 Å². The first-order chi connectivity index (χ1) is 10.9. The lowest BCUT2D eigenvalue weighted by molar-refractivity contribution is -0.139. The Hall–Kier alpha value is -2.83. The third-order valence-electron chi connectivity index (χ3n) is 3.15. The molecule has 1 amide bonds. The van der Waals surface area contributed by atoms with Crippen LogP contribution in [0.2, 0.25) is 0 Å². The van der Waals surface area contributed by atoms with Gasteiger partial charge in [0, 0.05) is 6.42 Å². The van der Waals surface area contributed by atoms with Gasteiger partial charge in [-0.3, -0.25) is 4.79 Å². The number of hydrogen-bond acceptors (Lipinski definition) is 2. The van der Waals surface area contributed by atoms with Gasteiger partial charge in [-0.05, 0) is 29.8 Å². The molecule has 0 fully saturated rings. The van der Waals surface area contributed by atoms with E-state index >= 15 is 0 Å². The lowest BCUT2D eigenvalue weighted by Gasteiger charge is -2.15. The molecule has 2 N–H and O–H groups in total. The van der Waals surface area contributed by atoms with Gasteiger partial charge < -0.3 is 10.4 Å². The number of carbonyl (C=O) groups excluding carboxylic acids is 1. The molecule has 7 heteroatoms. The van der Waals surface area contributed by atoms with Crippen LogP contribution in [0.25, 0.3) is 0 Å². The van der Waals surface area contributed by atoms with Crippen LogP contribution in [-0.4, -0.2) is 23.0 Å². The van der Waals surface area contributed by atoms with Crippen LogP contribution in [0.15, 0.2) is 42.5 Å². The van der Waals surface area contributed by atoms with E-state index in [0.717, 1.165) is 30.3 Å². The maximum absolute atomic E-state index is 13.5. The first-order valence-electron chi connectivity index (χ1n) is 6.60. The molecule has 0 saturated heterocycles. The van der Waals surface area contributed by atoms with E-state index in [0.29, 0.717) is 5.56 Å². The second-order valence-corrected chi connectivity index (χ2v) is 4.80. The number of carboxylic acid groups (broad SMARTS) is 1. The topological polar surface area (TPSA) is 66.4 Å². The van der Waals surface area contributed by atoms with E-state index in [1.807, 2.05) is 0 Å². The summed E-state index contributed by atoms with van der Waals surface area (Å²) in [6, 6.07) is 6.73.